The van der Waals surface area contributed by atoms with Crippen LogP contribution in [0.4, 0.5) is 5.69 Å². The van der Waals surface area contributed by atoms with Crippen molar-refractivity contribution in [2.24, 2.45) is 5.73 Å². The molecule has 6 nitrogen and oxygen atoms in total. The topological polar surface area (TPSA) is 85.0 Å². The number of nitrogens with two attached hydrogens (primary N) is 1. The smallest absolute Gasteiger partial charge is 0.248 e. The number of hydrogen-bond acceptors (Lipinski definition) is 6. The Bertz CT molecular complexity index is 796. The SMILES string of the molecule is NC(=O)c1ccc2c(c1)SC(c1ccc3c(c1)OCCO3)N2O. The molecule has 0 radical (unpaired) electrons. The molecule has 0 aliphatic carbocycles. The molecule has 0 aromatic heterocycles. The van der Waals surface area contributed by atoms with Crippen molar-refractivity contribution in [1.82, 2.24) is 0 Å². The third kappa shape index (κ3) is 2.38. The van der Waals surface area contributed by atoms with Gasteiger partial charge in [-0.25, -0.2) is 5.06 Å². The van der Waals surface area contributed by atoms with Crippen LogP contribution in [0.25, 0.3) is 0 Å². The van der Waals surface area contributed by atoms with Crippen LogP contribution in [0.3, 0.4) is 0 Å². The van der Waals surface area contributed by atoms with Crippen LogP contribution in [-0.2, 0) is 0 Å². The molecular weight excluding hydrogens is 316 g/mol. The molecule has 0 saturated heterocycles. The summed E-state index contributed by atoms with van der Waals surface area (Å²) >= 11 is 1.45. The lowest BCUT2D eigenvalue weighted by Gasteiger charge is -2.23. The van der Waals surface area contributed by atoms with Gasteiger partial charge in [-0.3, -0.25) is 10.0 Å². The minimum atomic E-state index is -0.485. The average molecular weight is 330 g/mol. The minimum Gasteiger partial charge on any atom is -0.486 e. The number of anilines is 1. The molecule has 23 heavy (non-hydrogen) atoms. The van der Waals surface area contributed by atoms with Crippen molar-refractivity contribution in [1.29, 1.82) is 0 Å². The van der Waals surface area contributed by atoms with Gasteiger partial charge in [-0.2, -0.15) is 0 Å². The maximum atomic E-state index is 11.3. The van der Waals surface area contributed by atoms with Crippen molar-refractivity contribution in [3.05, 3.63) is 47.5 Å². The van der Waals surface area contributed by atoms with Gasteiger partial charge in [0.1, 0.15) is 18.6 Å². The fraction of sp³-hybridized carbons (Fsp3) is 0.188. The number of ether oxygens (including phenoxy) is 2. The number of primary amides is 1. The Hall–Kier alpha value is -2.38. The zero-order valence-corrected chi connectivity index (χ0v) is 12.9. The first kappa shape index (κ1) is 14.2. The lowest BCUT2D eigenvalue weighted by molar-refractivity contribution is 0.1000. The van der Waals surface area contributed by atoms with Gasteiger partial charge < -0.3 is 15.2 Å². The number of rotatable bonds is 2. The predicted octanol–water partition coefficient (Wildman–Crippen LogP) is 2.56. The first-order valence-corrected chi connectivity index (χ1v) is 7.99. The maximum Gasteiger partial charge on any atom is 0.248 e. The van der Waals surface area contributed by atoms with E-state index >= 15 is 0 Å². The van der Waals surface area contributed by atoms with Crippen LogP contribution < -0.4 is 20.3 Å². The molecule has 1 unspecified atom stereocenters. The van der Waals surface area contributed by atoms with Gasteiger partial charge in [0.05, 0.1) is 5.69 Å². The fourth-order valence-corrected chi connectivity index (χ4v) is 3.88. The van der Waals surface area contributed by atoms with Crippen molar-refractivity contribution in [2.75, 3.05) is 18.3 Å². The lowest BCUT2D eigenvalue weighted by atomic mass is 10.1. The molecule has 0 saturated carbocycles. The molecule has 0 spiro atoms. The molecule has 2 heterocycles. The molecule has 3 N–H and O–H groups in total. The maximum absolute atomic E-state index is 11.3. The van der Waals surface area contributed by atoms with Crippen LogP contribution in [-0.4, -0.2) is 24.3 Å². The van der Waals surface area contributed by atoms with Gasteiger partial charge in [-0.1, -0.05) is 17.8 Å². The van der Waals surface area contributed by atoms with E-state index in [9.17, 15) is 10.0 Å². The minimum absolute atomic E-state index is 0.316. The van der Waals surface area contributed by atoms with Crippen LogP contribution in [0.15, 0.2) is 41.3 Å². The first-order valence-electron chi connectivity index (χ1n) is 7.11. The van der Waals surface area contributed by atoms with Crippen LogP contribution in [0.5, 0.6) is 11.5 Å². The highest BCUT2D eigenvalue weighted by Crippen LogP contribution is 2.51. The van der Waals surface area contributed by atoms with Gasteiger partial charge in [0.15, 0.2) is 11.5 Å². The van der Waals surface area contributed by atoms with E-state index in [0.29, 0.717) is 36.0 Å². The highest BCUT2D eigenvalue weighted by molar-refractivity contribution is 8.00. The highest BCUT2D eigenvalue weighted by atomic mass is 32.2. The number of carbonyl (C=O) groups is 1. The van der Waals surface area contributed by atoms with E-state index in [1.807, 2.05) is 18.2 Å². The number of amides is 1. The Morgan fingerprint density at radius 2 is 1.96 bits per heavy atom. The Labute approximate surface area is 136 Å². The number of hydroxylamine groups is 1. The van der Waals surface area contributed by atoms with Gasteiger partial charge in [-0.15, -0.1) is 0 Å². The molecule has 4 rings (SSSR count). The Kier molecular flexibility index (Phi) is 3.32. The molecule has 118 valence electrons. The summed E-state index contributed by atoms with van der Waals surface area (Å²) in [6.45, 7) is 1.05. The average Bonchev–Trinajstić information content (AvgIpc) is 2.91. The second kappa shape index (κ2) is 5.36. The van der Waals surface area contributed by atoms with E-state index in [0.717, 1.165) is 10.5 Å². The third-order valence-electron chi connectivity index (χ3n) is 3.80. The van der Waals surface area contributed by atoms with Crippen LogP contribution in [0.2, 0.25) is 0 Å². The predicted molar refractivity (Wildman–Crippen MR) is 85.3 cm³/mol. The summed E-state index contributed by atoms with van der Waals surface area (Å²) in [6, 6.07) is 10.6. The van der Waals surface area contributed by atoms with Crippen LogP contribution in [0.1, 0.15) is 21.3 Å². The summed E-state index contributed by atoms with van der Waals surface area (Å²) in [5.74, 6) is 0.901. The van der Waals surface area contributed by atoms with Crippen LogP contribution in [0, 0.1) is 0 Å². The summed E-state index contributed by atoms with van der Waals surface area (Å²) in [4.78, 5) is 12.1. The van der Waals surface area contributed by atoms with Crippen molar-refractivity contribution in [3.63, 3.8) is 0 Å². The van der Waals surface area contributed by atoms with Crippen molar-refractivity contribution >= 4 is 23.4 Å². The molecule has 0 bridgehead atoms. The normalized spacial score (nSPS) is 18.7. The van der Waals surface area contributed by atoms with Crippen LogP contribution >= 0.6 is 11.8 Å². The monoisotopic (exact) mass is 330 g/mol. The Balaban J connectivity index is 1.67. The van der Waals surface area contributed by atoms with E-state index < -0.39 is 5.91 Å². The quantitative estimate of drug-likeness (QED) is 0.880. The molecule has 2 aliphatic rings. The van der Waals surface area contributed by atoms with Gasteiger partial charge >= 0.3 is 0 Å². The number of carbonyl (C=O) groups excluding carboxylic acids is 1. The summed E-state index contributed by atoms with van der Waals surface area (Å²) < 4.78 is 11.1. The van der Waals surface area contributed by atoms with Crippen molar-refractivity contribution < 1.29 is 19.5 Å². The number of benzene rings is 2. The van der Waals surface area contributed by atoms with Gasteiger partial charge in [-0.05, 0) is 35.9 Å². The number of thioether (sulfide) groups is 1. The molecule has 7 heteroatoms. The number of hydrogen-bond donors (Lipinski definition) is 2. The molecule has 2 aromatic carbocycles. The second-order valence-corrected chi connectivity index (χ2v) is 6.39. The molecule has 2 aliphatic heterocycles. The van der Waals surface area contributed by atoms with E-state index in [2.05, 4.69) is 0 Å². The summed E-state index contributed by atoms with van der Waals surface area (Å²) in [7, 11) is 0. The second-order valence-electron chi connectivity index (χ2n) is 5.26. The molecule has 1 amide bonds. The standard InChI is InChI=1S/C16H14N2O4S/c17-15(19)9-1-3-11-14(8-9)23-16(18(11)20)10-2-4-12-13(7-10)22-6-5-21-12/h1-4,7-8,16,20H,5-6H2,(H2,17,19). The summed E-state index contributed by atoms with van der Waals surface area (Å²) in [6.07, 6.45) is 0. The van der Waals surface area contributed by atoms with Crippen molar-refractivity contribution in [3.8, 4) is 11.5 Å². The van der Waals surface area contributed by atoms with Crippen molar-refractivity contribution in [2.45, 2.75) is 10.3 Å². The van der Waals surface area contributed by atoms with Gasteiger partial charge in [0, 0.05) is 10.5 Å². The van der Waals surface area contributed by atoms with E-state index in [1.165, 1.54) is 16.8 Å². The zero-order valence-electron chi connectivity index (χ0n) is 12.1. The molecule has 2 aromatic rings. The van der Waals surface area contributed by atoms with E-state index in [-0.39, 0.29) is 5.37 Å². The highest BCUT2D eigenvalue weighted by Gasteiger charge is 2.32. The fourth-order valence-electron chi connectivity index (χ4n) is 2.67. The third-order valence-corrected chi connectivity index (χ3v) is 5.08. The largest absolute Gasteiger partial charge is 0.486 e. The molecule has 0 fully saturated rings. The first-order chi connectivity index (χ1) is 11.1. The molecule has 1 atom stereocenters. The Morgan fingerprint density at radius 1 is 1.17 bits per heavy atom. The van der Waals surface area contributed by atoms with Gasteiger partial charge in [0.2, 0.25) is 5.91 Å². The number of nitrogens with zero attached hydrogens (tertiary/aromatic N) is 1. The molecular formula is C16H14N2O4S. The summed E-state index contributed by atoms with van der Waals surface area (Å²) in [5, 5.41) is 11.3. The summed E-state index contributed by atoms with van der Waals surface area (Å²) in [5.41, 5.74) is 7.27. The van der Waals surface area contributed by atoms with E-state index in [4.69, 9.17) is 15.2 Å². The zero-order chi connectivity index (χ0) is 16.0. The Morgan fingerprint density at radius 3 is 2.74 bits per heavy atom. The number of fused-ring (bicyclic) bond motifs is 2. The van der Waals surface area contributed by atoms with E-state index in [1.54, 1.807) is 18.2 Å². The lowest BCUT2D eigenvalue weighted by Crippen LogP contribution is -2.19. The van der Waals surface area contributed by atoms with Gasteiger partial charge in [0.25, 0.3) is 0 Å².